The third-order valence-electron chi connectivity index (χ3n) is 8.24. The summed E-state index contributed by atoms with van der Waals surface area (Å²) in [6.45, 7) is 8.48. The first kappa shape index (κ1) is 29.5. The van der Waals surface area contributed by atoms with Gasteiger partial charge in [-0.05, 0) is 79.4 Å². The molecular weight excluding hydrogens is 530 g/mol. The second kappa shape index (κ2) is 13.3. The maximum Gasteiger partial charge on any atom is 0.306 e. The van der Waals surface area contributed by atoms with E-state index in [0.717, 1.165) is 65.5 Å². The van der Waals surface area contributed by atoms with E-state index in [0.29, 0.717) is 38.6 Å². The average molecular weight is 573 g/mol. The zero-order valence-electron chi connectivity index (χ0n) is 25.4. The molecular formula is C33H42N5O4+. The van der Waals surface area contributed by atoms with Crippen molar-refractivity contribution in [2.24, 2.45) is 7.05 Å². The van der Waals surface area contributed by atoms with Gasteiger partial charge in [0.25, 0.3) is 18.0 Å². The average Bonchev–Trinajstić information content (AvgIpc) is 3.15. The summed E-state index contributed by atoms with van der Waals surface area (Å²) < 4.78 is 19.4. The first-order valence-corrected chi connectivity index (χ1v) is 14.8. The van der Waals surface area contributed by atoms with Crippen molar-refractivity contribution in [1.82, 2.24) is 9.97 Å². The summed E-state index contributed by atoms with van der Waals surface area (Å²) in [5.74, 6) is 2.10. The fourth-order valence-corrected chi connectivity index (χ4v) is 5.73. The van der Waals surface area contributed by atoms with E-state index in [9.17, 15) is 4.79 Å². The zero-order valence-corrected chi connectivity index (χ0v) is 25.4. The monoisotopic (exact) mass is 572 g/mol. The number of hydrogen-bond donors (Lipinski definition) is 1. The second-order valence-electron chi connectivity index (χ2n) is 11.2. The van der Waals surface area contributed by atoms with Gasteiger partial charge >= 0.3 is 5.97 Å². The van der Waals surface area contributed by atoms with E-state index in [-0.39, 0.29) is 11.9 Å². The number of hydrogen-bond acceptors (Lipinski definition) is 8. The highest BCUT2D eigenvalue weighted by Gasteiger charge is 2.24. The molecule has 4 heterocycles. The van der Waals surface area contributed by atoms with Gasteiger partial charge in [0.15, 0.2) is 0 Å². The number of rotatable bonds is 6. The molecule has 0 amide bonds. The van der Waals surface area contributed by atoms with Crippen molar-refractivity contribution in [3.05, 3.63) is 76.5 Å². The normalized spacial score (nSPS) is 17.8. The number of fused-ring (bicyclic) bond motifs is 2. The lowest BCUT2D eigenvalue weighted by molar-refractivity contribution is -0.678. The van der Waals surface area contributed by atoms with Gasteiger partial charge in [-0.25, -0.2) is 4.57 Å². The molecule has 9 heteroatoms. The highest BCUT2D eigenvalue weighted by atomic mass is 16.5. The molecule has 0 saturated carbocycles. The van der Waals surface area contributed by atoms with Gasteiger partial charge in [0.05, 0.1) is 32.7 Å². The molecule has 2 aliphatic heterocycles. The predicted molar refractivity (Wildman–Crippen MR) is 162 cm³/mol. The minimum atomic E-state index is -0.190. The largest absolute Gasteiger partial charge is 0.464 e. The van der Waals surface area contributed by atoms with E-state index in [4.69, 9.17) is 19.2 Å². The molecule has 5 rings (SSSR count). The summed E-state index contributed by atoms with van der Waals surface area (Å²) in [6, 6.07) is 10.2. The van der Waals surface area contributed by atoms with Crippen LogP contribution >= 0.6 is 0 Å². The van der Waals surface area contributed by atoms with E-state index >= 15 is 0 Å². The maximum absolute atomic E-state index is 12.6. The Hall–Kier alpha value is -3.98. The van der Waals surface area contributed by atoms with Crippen LogP contribution in [0.15, 0.2) is 54.1 Å². The number of methoxy groups -OCH3 is 1. The first-order chi connectivity index (χ1) is 20.4. The minimum absolute atomic E-state index is 0.0555. The van der Waals surface area contributed by atoms with Crippen LogP contribution in [0.25, 0.3) is 0 Å². The summed E-state index contributed by atoms with van der Waals surface area (Å²) in [7, 11) is 3.65. The number of nitrogens with one attached hydrogen (secondary N) is 1. The topological polar surface area (TPSA) is 89.7 Å². The molecule has 2 aromatic heterocycles. The van der Waals surface area contributed by atoms with Gasteiger partial charge in [0.1, 0.15) is 12.4 Å². The van der Waals surface area contributed by atoms with Gasteiger partial charge in [-0.1, -0.05) is 18.6 Å². The molecule has 0 aliphatic carbocycles. The number of pyridine rings is 1. The molecule has 0 saturated heterocycles. The Balaban J connectivity index is 1.39. The molecule has 42 heavy (non-hydrogen) atoms. The van der Waals surface area contributed by atoms with Crippen molar-refractivity contribution in [3.8, 4) is 11.6 Å². The van der Waals surface area contributed by atoms with Crippen LogP contribution in [0.5, 0.6) is 11.6 Å². The fourth-order valence-electron chi connectivity index (χ4n) is 5.73. The highest BCUT2D eigenvalue weighted by molar-refractivity contribution is 5.70. The number of anilines is 2. The Kier molecular flexibility index (Phi) is 9.37. The summed E-state index contributed by atoms with van der Waals surface area (Å²) >= 11 is 0. The van der Waals surface area contributed by atoms with E-state index in [1.165, 1.54) is 11.1 Å². The molecule has 9 nitrogen and oxygen atoms in total. The summed E-state index contributed by atoms with van der Waals surface area (Å²) in [5.41, 5.74) is 8.06. The lowest BCUT2D eigenvalue weighted by atomic mass is 9.93. The quantitative estimate of drug-likeness (QED) is 0.320. The number of allylic oxidation sites excluding steroid dienone is 1. The van der Waals surface area contributed by atoms with Gasteiger partial charge < -0.3 is 24.4 Å². The van der Waals surface area contributed by atoms with Crippen LogP contribution < -0.4 is 19.5 Å². The number of esters is 1. The van der Waals surface area contributed by atoms with Crippen LogP contribution in [0.2, 0.25) is 0 Å². The van der Waals surface area contributed by atoms with Crippen LogP contribution in [-0.2, 0) is 34.2 Å². The third kappa shape index (κ3) is 6.73. The van der Waals surface area contributed by atoms with Gasteiger partial charge in [-0.15, -0.1) is 0 Å². The number of nitrogens with zero attached hydrogens (tertiary/aromatic N) is 4. The van der Waals surface area contributed by atoms with Crippen molar-refractivity contribution < 1.29 is 23.6 Å². The molecule has 0 spiro atoms. The Morgan fingerprint density at radius 3 is 2.79 bits per heavy atom. The van der Waals surface area contributed by atoms with Crippen LogP contribution in [0.1, 0.15) is 61.4 Å². The van der Waals surface area contributed by atoms with Gasteiger partial charge in [0.2, 0.25) is 0 Å². The molecule has 222 valence electrons. The molecule has 0 bridgehead atoms. The van der Waals surface area contributed by atoms with Crippen molar-refractivity contribution in [1.29, 1.82) is 0 Å². The highest BCUT2D eigenvalue weighted by Crippen LogP contribution is 2.34. The summed E-state index contributed by atoms with van der Waals surface area (Å²) in [6.07, 6.45) is 7.44. The predicted octanol–water partition coefficient (Wildman–Crippen LogP) is 5.17. The van der Waals surface area contributed by atoms with Gasteiger partial charge in [0, 0.05) is 42.8 Å². The van der Waals surface area contributed by atoms with E-state index in [2.05, 4.69) is 54.2 Å². The Labute approximate surface area is 248 Å². The molecule has 1 unspecified atom stereocenters. The van der Waals surface area contributed by atoms with Crippen LogP contribution in [0.4, 0.5) is 11.5 Å². The van der Waals surface area contributed by atoms with Crippen LogP contribution in [0.3, 0.4) is 0 Å². The van der Waals surface area contributed by atoms with Crippen molar-refractivity contribution in [3.63, 3.8) is 0 Å². The number of ether oxygens (including phenoxy) is 3. The van der Waals surface area contributed by atoms with Crippen LogP contribution in [0, 0.1) is 6.92 Å². The van der Waals surface area contributed by atoms with E-state index in [1.54, 1.807) is 13.4 Å². The first-order valence-electron chi connectivity index (χ1n) is 14.8. The standard InChI is InChI=1S/C33H42N5O4/c1-6-24-18-31(39)41-15-14-38(13-11-25-8-7-12-34-33(24)25)29-19-30(37(4)21-35-29)42-27-16-23(3)32-26(17-27)10-9-22(2)28(36-32)20-40-5/h7-8,12,16-17,19,21,24,36H,6,9-11,13-15,18,20H2,1-5H3/q+1. The maximum atomic E-state index is 12.6. The fraction of sp³-hybridized carbons (Fsp3) is 0.455. The molecule has 0 fully saturated rings. The lowest BCUT2D eigenvalue weighted by Gasteiger charge is -2.21. The lowest BCUT2D eigenvalue weighted by Crippen LogP contribution is -2.35. The summed E-state index contributed by atoms with van der Waals surface area (Å²) in [4.78, 5) is 24.2. The van der Waals surface area contributed by atoms with E-state index in [1.807, 2.05) is 29.9 Å². The number of aryl methyl sites for hydroxylation is 3. The molecule has 1 N–H and O–H groups in total. The third-order valence-corrected chi connectivity index (χ3v) is 8.24. The van der Waals surface area contributed by atoms with Gasteiger partial charge in [-0.2, -0.15) is 0 Å². The SMILES string of the molecule is CCC1CC(=O)OCCN(c2cc(Oc3cc(C)c4c(c3)CCC(C)=C(COC)N4)[n+](C)cn2)CCc2cccnc21. The summed E-state index contributed by atoms with van der Waals surface area (Å²) in [5, 5.41) is 3.61. The Bertz CT molecular complexity index is 1470. The number of benzene rings is 1. The molecule has 1 aromatic carbocycles. The second-order valence-corrected chi connectivity index (χ2v) is 11.2. The van der Waals surface area contributed by atoms with Crippen molar-refractivity contribution in [2.75, 3.05) is 43.6 Å². The minimum Gasteiger partial charge on any atom is -0.464 e. The smallest absolute Gasteiger partial charge is 0.306 e. The Morgan fingerprint density at radius 2 is 1.98 bits per heavy atom. The number of carbonyl (C=O) groups is 1. The van der Waals surface area contributed by atoms with Crippen molar-refractivity contribution in [2.45, 2.75) is 58.8 Å². The van der Waals surface area contributed by atoms with Crippen molar-refractivity contribution >= 4 is 17.5 Å². The molecule has 1 atom stereocenters. The molecule has 3 aromatic rings. The number of cyclic esters (lactones) is 1. The van der Waals surface area contributed by atoms with E-state index < -0.39 is 0 Å². The number of aromatic nitrogens is 3. The van der Waals surface area contributed by atoms with Crippen LogP contribution in [-0.4, -0.2) is 49.4 Å². The molecule has 2 aliphatic rings. The molecule has 0 radical (unpaired) electrons. The van der Waals surface area contributed by atoms with Gasteiger partial charge in [-0.3, -0.25) is 9.78 Å². The Morgan fingerprint density at radius 1 is 1.12 bits per heavy atom. The number of carbonyl (C=O) groups excluding carboxylic acids is 1. The zero-order chi connectivity index (χ0) is 29.6.